The Hall–Kier alpha value is -0.930. The smallest absolute Gasteiger partial charge is 0.0818 e. The highest BCUT2D eigenvalue weighted by Gasteiger charge is 2.80. The Morgan fingerprint density at radius 1 is 1.04 bits per heavy atom. The second-order valence-corrected chi connectivity index (χ2v) is 11.6. The first-order valence-corrected chi connectivity index (χ1v) is 12.0. The molecule has 0 radical (unpaired) electrons. The molecule has 1 aromatic rings. The first kappa shape index (κ1) is 17.9. The van der Waals surface area contributed by atoms with Crippen LogP contribution in [0.3, 0.4) is 0 Å². The summed E-state index contributed by atoms with van der Waals surface area (Å²) < 4.78 is 0. The predicted octanol–water partition coefficient (Wildman–Crippen LogP) is 4.96. The first-order valence-electron chi connectivity index (χ1n) is 11.6. The van der Waals surface area contributed by atoms with E-state index < -0.39 is 0 Å². The Balaban J connectivity index is 1.34. The maximum absolute atomic E-state index is 6.22. The largest absolute Gasteiger partial charge is 0.376 e. The normalized spacial score (nSPS) is 50.9. The van der Waals surface area contributed by atoms with Gasteiger partial charge in [-0.2, -0.15) is 0 Å². The van der Waals surface area contributed by atoms with Gasteiger partial charge >= 0.3 is 0 Å². The molecule has 0 saturated heterocycles. The second-order valence-electron chi connectivity index (χ2n) is 11.2. The summed E-state index contributed by atoms with van der Waals surface area (Å²) in [5, 5.41) is 3.89. The minimum absolute atomic E-state index is 0.243. The van der Waals surface area contributed by atoms with Crippen molar-refractivity contribution in [2.75, 3.05) is 0 Å². The Bertz CT molecular complexity index is 800. The number of thiocarbonyl (C=S) groups is 1. The van der Waals surface area contributed by atoms with E-state index in [2.05, 4.69) is 42.6 Å². The zero-order valence-electron chi connectivity index (χ0n) is 17.1. The highest BCUT2D eigenvalue weighted by Crippen LogP contribution is 2.85. The molecule has 150 valence electrons. The van der Waals surface area contributed by atoms with Crippen molar-refractivity contribution in [1.82, 2.24) is 5.32 Å². The van der Waals surface area contributed by atoms with Crippen molar-refractivity contribution in [1.29, 1.82) is 0 Å². The summed E-state index contributed by atoms with van der Waals surface area (Å²) in [6.45, 7) is 2.55. The summed E-state index contributed by atoms with van der Waals surface area (Å²) in [4.78, 5) is 1.22. The number of rotatable bonds is 3. The molecule has 3 bridgehead atoms. The van der Waals surface area contributed by atoms with E-state index in [-0.39, 0.29) is 5.41 Å². The molecule has 0 heterocycles. The average Bonchev–Trinajstić information content (AvgIpc) is 2.97. The average molecular weight is 395 g/mol. The Morgan fingerprint density at radius 3 is 2.54 bits per heavy atom. The number of hydrogen-bond acceptors (Lipinski definition) is 2. The van der Waals surface area contributed by atoms with Crippen LogP contribution in [0.2, 0.25) is 0 Å². The van der Waals surface area contributed by atoms with E-state index in [9.17, 15) is 0 Å². The monoisotopic (exact) mass is 394 g/mol. The molecule has 3 N–H and O–H groups in total. The first-order chi connectivity index (χ1) is 13.5. The van der Waals surface area contributed by atoms with Crippen LogP contribution in [0.5, 0.6) is 0 Å². The Labute approximate surface area is 175 Å². The molecule has 1 aromatic carbocycles. The molecule has 5 fully saturated rings. The minimum atomic E-state index is 0.243. The van der Waals surface area contributed by atoms with Crippen LogP contribution in [0.15, 0.2) is 30.3 Å². The third-order valence-corrected chi connectivity index (χ3v) is 10.6. The van der Waals surface area contributed by atoms with Crippen molar-refractivity contribution in [2.24, 2.45) is 34.3 Å². The third-order valence-electron chi connectivity index (χ3n) is 10.1. The van der Waals surface area contributed by atoms with Gasteiger partial charge in [-0.3, -0.25) is 0 Å². The van der Waals surface area contributed by atoms with Crippen LogP contribution in [-0.2, 0) is 5.41 Å². The fourth-order valence-electron chi connectivity index (χ4n) is 8.90. The maximum Gasteiger partial charge on any atom is 0.0818 e. The molecule has 6 unspecified atom stereocenters. The van der Waals surface area contributed by atoms with Gasteiger partial charge in [-0.1, -0.05) is 49.5 Å². The van der Waals surface area contributed by atoms with E-state index in [4.69, 9.17) is 18.0 Å². The summed E-state index contributed by atoms with van der Waals surface area (Å²) in [6, 6.07) is 12.5. The Kier molecular flexibility index (Phi) is 3.72. The third kappa shape index (κ3) is 2.10. The lowest BCUT2D eigenvalue weighted by Gasteiger charge is -2.60. The van der Waals surface area contributed by atoms with Gasteiger partial charge in [0.2, 0.25) is 0 Å². The lowest BCUT2D eigenvalue weighted by molar-refractivity contribution is -0.0496. The van der Waals surface area contributed by atoms with Crippen molar-refractivity contribution in [3.63, 3.8) is 0 Å². The molecule has 6 rings (SSSR count). The zero-order chi connectivity index (χ0) is 19.1. The van der Waals surface area contributed by atoms with E-state index in [0.29, 0.717) is 22.9 Å². The van der Waals surface area contributed by atoms with E-state index >= 15 is 0 Å². The lowest BCUT2D eigenvalue weighted by Crippen LogP contribution is -2.56. The summed E-state index contributed by atoms with van der Waals surface area (Å²) in [7, 11) is 0. The predicted molar refractivity (Wildman–Crippen MR) is 118 cm³/mol. The van der Waals surface area contributed by atoms with Gasteiger partial charge in [-0.05, 0) is 86.5 Å². The van der Waals surface area contributed by atoms with E-state index in [1.54, 1.807) is 5.56 Å². The second kappa shape index (κ2) is 5.82. The molecule has 3 heteroatoms. The molecule has 0 aliphatic heterocycles. The number of benzene rings is 1. The number of nitrogens with one attached hydrogen (secondary N) is 1. The van der Waals surface area contributed by atoms with Gasteiger partial charge in [0.1, 0.15) is 0 Å². The van der Waals surface area contributed by atoms with Crippen molar-refractivity contribution in [3.05, 3.63) is 35.9 Å². The SMILES string of the molecule is CC1C2CC3(C(=S)NC4CCC(N)CC4)CC4(c5ccccc5)CC1C4(C2)C3. The summed E-state index contributed by atoms with van der Waals surface area (Å²) >= 11 is 6.22. The van der Waals surface area contributed by atoms with Crippen LogP contribution < -0.4 is 11.1 Å². The van der Waals surface area contributed by atoms with Gasteiger partial charge < -0.3 is 11.1 Å². The fourth-order valence-corrected chi connectivity index (χ4v) is 9.30. The van der Waals surface area contributed by atoms with E-state index in [0.717, 1.165) is 30.6 Å². The minimum Gasteiger partial charge on any atom is -0.376 e. The lowest BCUT2D eigenvalue weighted by atomic mass is 9.43. The Morgan fingerprint density at radius 2 is 1.79 bits per heavy atom. The van der Waals surface area contributed by atoms with Crippen molar-refractivity contribution in [2.45, 2.75) is 82.2 Å². The quantitative estimate of drug-likeness (QED) is 0.712. The maximum atomic E-state index is 6.22. The molecule has 2 nitrogen and oxygen atoms in total. The van der Waals surface area contributed by atoms with Gasteiger partial charge in [-0.25, -0.2) is 0 Å². The van der Waals surface area contributed by atoms with E-state index in [1.807, 2.05) is 0 Å². The summed E-state index contributed by atoms with van der Waals surface area (Å²) in [6.07, 6.45) is 11.5. The van der Waals surface area contributed by atoms with Crippen LogP contribution in [0, 0.1) is 28.6 Å². The van der Waals surface area contributed by atoms with E-state index in [1.165, 1.54) is 49.9 Å². The zero-order valence-corrected chi connectivity index (χ0v) is 17.9. The van der Waals surface area contributed by atoms with Gasteiger partial charge in [0.15, 0.2) is 0 Å². The van der Waals surface area contributed by atoms with Gasteiger partial charge in [0, 0.05) is 22.9 Å². The molecular formula is C25H34N2S. The number of nitrogens with two attached hydrogens (primary N) is 1. The summed E-state index contributed by atoms with van der Waals surface area (Å²) in [5.74, 6) is 2.69. The van der Waals surface area contributed by atoms with Crippen molar-refractivity contribution in [3.8, 4) is 0 Å². The molecule has 6 atom stereocenters. The van der Waals surface area contributed by atoms with Gasteiger partial charge in [0.25, 0.3) is 0 Å². The van der Waals surface area contributed by atoms with Crippen LogP contribution in [0.1, 0.15) is 70.3 Å². The molecule has 0 aromatic heterocycles. The van der Waals surface area contributed by atoms with Crippen LogP contribution in [-0.4, -0.2) is 17.1 Å². The summed E-state index contributed by atoms with van der Waals surface area (Å²) in [5.41, 5.74) is 8.90. The topological polar surface area (TPSA) is 38.0 Å². The van der Waals surface area contributed by atoms with Crippen LogP contribution in [0.4, 0.5) is 0 Å². The number of hydrogen-bond donors (Lipinski definition) is 2. The van der Waals surface area contributed by atoms with Crippen LogP contribution in [0.25, 0.3) is 0 Å². The molecular weight excluding hydrogens is 360 g/mol. The highest BCUT2D eigenvalue weighted by molar-refractivity contribution is 7.80. The van der Waals surface area contributed by atoms with Crippen molar-refractivity contribution < 1.29 is 0 Å². The molecule has 0 amide bonds. The van der Waals surface area contributed by atoms with Crippen molar-refractivity contribution >= 4 is 17.2 Å². The number of fused-ring (bicyclic) bond motifs is 2. The van der Waals surface area contributed by atoms with Gasteiger partial charge in [0.05, 0.1) is 4.99 Å². The van der Waals surface area contributed by atoms with Gasteiger partial charge in [-0.15, -0.1) is 0 Å². The molecule has 5 aliphatic carbocycles. The fraction of sp³-hybridized carbons (Fsp3) is 0.720. The molecule has 5 aliphatic rings. The van der Waals surface area contributed by atoms with Crippen LogP contribution >= 0.6 is 12.2 Å². The standard InChI is InChI=1S/C25H34N2S/c1-16-17-11-23(22(28)27-20-9-7-19(26)8-10-20)14-24(18-5-3-2-4-6-18)13-21(16)25(24,12-17)15-23/h2-6,16-17,19-21H,7-15,26H2,1H3,(H,27,28). The molecule has 5 saturated carbocycles. The molecule has 1 spiro atoms. The highest BCUT2D eigenvalue weighted by atomic mass is 32.1. The molecule has 28 heavy (non-hydrogen) atoms.